The Morgan fingerprint density at radius 1 is 1.23 bits per heavy atom. The molecule has 6 nitrogen and oxygen atoms in total. The van der Waals surface area contributed by atoms with E-state index in [2.05, 4.69) is 53.1 Å². The van der Waals surface area contributed by atoms with Crippen molar-refractivity contribution in [3.63, 3.8) is 0 Å². The molecule has 2 rings (SSSR count). The number of alkyl halides is 3. The maximum absolute atomic E-state index is 13.0. The van der Waals surface area contributed by atoms with E-state index in [1.807, 2.05) is 7.05 Å². The zero-order valence-electron chi connectivity index (χ0n) is 16.0. The minimum Gasteiger partial charge on any atom is -0.300 e. The molecule has 0 amide bonds. The Labute approximate surface area is 152 Å². The molecule has 0 aromatic carbocycles. The van der Waals surface area contributed by atoms with Crippen molar-refractivity contribution < 1.29 is 13.2 Å². The van der Waals surface area contributed by atoms with E-state index in [4.69, 9.17) is 0 Å². The second-order valence-corrected chi connectivity index (χ2v) is 7.34. The number of halogens is 3. The molecule has 1 aliphatic carbocycles. The molecule has 1 aromatic rings. The summed E-state index contributed by atoms with van der Waals surface area (Å²) in [6.45, 7) is 8.56. The molecular weight excluding hydrogens is 345 g/mol. The number of rotatable bonds is 7. The number of tetrazole rings is 1. The van der Waals surface area contributed by atoms with Crippen LogP contribution < -0.4 is 0 Å². The summed E-state index contributed by atoms with van der Waals surface area (Å²) in [6.07, 6.45) is -1.21. The van der Waals surface area contributed by atoms with E-state index in [1.54, 1.807) is 0 Å². The topological polar surface area (TPSA) is 50.1 Å². The minimum absolute atomic E-state index is 0.0436. The second kappa shape index (κ2) is 7.87. The van der Waals surface area contributed by atoms with Crippen molar-refractivity contribution in [3.8, 4) is 0 Å². The Balaban J connectivity index is 2.14. The van der Waals surface area contributed by atoms with Gasteiger partial charge in [-0.2, -0.15) is 13.2 Å². The Morgan fingerprint density at radius 3 is 2.54 bits per heavy atom. The molecular formula is C17H27F3N6. The van der Waals surface area contributed by atoms with Crippen LogP contribution in [0.4, 0.5) is 13.2 Å². The van der Waals surface area contributed by atoms with E-state index in [-0.39, 0.29) is 5.54 Å². The summed E-state index contributed by atoms with van der Waals surface area (Å²) in [5.74, 6) is 0.539. The smallest absolute Gasteiger partial charge is 0.300 e. The molecule has 146 valence electrons. The molecule has 1 aromatic heterocycles. The van der Waals surface area contributed by atoms with Crippen LogP contribution in [-0.2, 0) is 6.54 Å². The van der Waals surface area contributed by atoms with Gasteiger partial charge < -0.3 is 4.90 Å². The van der Waals surface area contributed by atoms with Gasteiger partial charge in [0.2, 0.25) is 0 Å². The first-order valence-electron chi connectivity index (χ1n) is 8.70. The highest BCUT2D eigenvalue weighted by Crippen LogP contribution is 2.33. The maximum Gasteiger partial charge on any atom is 0.416 e. The molecule has 0 bridgehead atoms. The lowest BCUT2D eigenvalue weighted by molar-refractivity contribution is -0.0885. The molecule has 1 heterocycles. The van der Waals surface area contributed by atoms with Crippen LogP contribution in [0.15, 0.2) is 17.7 Å². The van der Waals surface area contributed by atoms with Crippen LogP contribution >= 0.6 is 0 Å². The summed E-state index contributed by atoms with van der Waals surface area (Å²) >= 11 is 0. The Bertz CT molecular complexity index is 674. The number of likely N-dealkylation sites (N-methyl/N-ethyl adjacent to an activating group) is 2. The highest BCUT2D eigenvalue weighted by molar-refractivity contribution is 5.54. The van der Waals surface area contributed by atoms with E-state index in [9.17, 15) is 13.2 Å². The molecule has 0 aliphatic heterocycles. The summed E-state index contributed by atoms with van der Waals surface area (Å²) < 4.78 is 40.4. The standard InChI is InChI=1S/C17H27F3N6/c1-6-25(5)16(2,3)12-24(4)11-15-21-22-23-26(15)14-9-7-8-13(10-14)17(18,19)20/h8,10H,6-7,9,11-12H2,1-5H3. The van der Waals surface area contributed by atoms with Crippen molar-refractivity contribution in [2.45, 2.75) is 51.9 Å². The van der Waals surface area contributed by atoms with Crippen LogP contribution in [0.3, 0.4) is 0 Å². The third-order valence-electron chi connectivity index (χ3n) is 4.80. The fraction of sp³-hybridized carbons (Fsp3) is 0.706. The van der Waals surface area contributed by atoms with Gasteiger partial charge in [0.15, 0.2) is 5.82 Å². The predicted octanol–water partition coefficient (Wildman–Crippen LogP) is 2.96. The maximum atomic E-state index is 13.0. The summed E-state index contributed by atoms with van der Waals surface area (Å²) in [5, 5.41) is 11.6. The van der Waals surface area contributed by atoms with Crippen LogP contribution in [0.5, 0.6) is 0 Å². The second-order valence-electron chi connectivity index (χ2n) is 7.34. The molecule has 0 spiro atoms. The number of aromatic nitrogens is 4. The normalized spacial score (nSPS) is 16.2. The van der Waals surface area contributed by atoms with Gasteiger partial charge in [0, 0.05) is 17.8 Å². The Hall–Kier alpha value is -1.74. The van der Waals surface area contributed by atoms with Crippen molar-refractivity contribution in [2.24, 2.45) is 0 Å². The molecule has 0 radical (unpaired) electrons. The third kappa shape index (κ3) is 4.91. The van der Waals surface area contributed by atoms with Crippen LogP contribution in [0.1, 0.15) is 39.4 Å². The van der Waals surface area contributed by atoms with Gasteiger partial charge in [-0.05, 0) is 63.8 Å². The van der Waals surface area contributed by atoms with E-state index in [1.165, 1.54) is 10.8 Å². The summed E-state index contributed by atoms with van der Waals surface area (Å²) in [4.78, 5) is 4.33. The largest absolute Gasteiger partial charge is 0.416 e. The molecule has 26 heavy (non-hydrogen) atoms. The van der Waals surface area contributed by atoms with E-state index in [0.29, 0.717) is 30.9 Å². The fourth-order valence-electron chi connectivity index (χ4n) is 3.08. The first-order valence-corrected chi connectivity index (χ1v) is 8.70. The van der Waals surface area contributed by atoms with E-state index < -0.39 is 11.7 Å². The summed E-state index contributed by atoms with van der Waals surface area (Å²) in [6, 6.07) is 0. The van der Waals surface area contributed by atoms with Crippen LogP contribution in [0, 0.1) is 0 Å². The zero-order valence-corrected chi connectivity index (χ0v) is 16.0. The number of hydrogen-bond acceptors (Lipinski definition) is 5. The van der Waals surface area contributed by atoms with Gasteiger partial charge >= 0.3 is 6.18 Å². The summed E-state index contributed by atoms with van der Waals surface area (Å²) in [5.41, 5.74) is -0.213. The molecule has 0 saturated carbocycles. The average molecular weight is 372 g/mol. The lowest BCUT2D eigenvalue weighted by Gasteiger charge is -2.38. The summed E-state index contributed by atoms with van der Waals surface area (Å²) in [7, 11) is 4.02. The Morgan fingerprint density at radius 2 is 1.92 bits per heavy atom. The van der Waals surface area contributed by atoms with Crippen molar-refractivity contribution >= 4 is 5.70 Å². The van der Waals surface area contributed by atoms with Crippen molar-refractivity contribution in [2.75, 3.05) is 27.2 Å². The monoisotopic (exact) mass is 372 g/mol. The highest BCUT2D eigenvalue weighted by Gasteiger charge is 2.34. The van der Waals surface area contributed by atoms with Gasteiger partial charge in [0.05, 0.1) is 12.1 Å². The van der Waals surface area contributed by atoms with E-state index >= 15 is 0 Å². The SMILES string of the molecule is CCN(C)C(C)(C)CN(C)Cc1nnnn1C1=CC(C(F)(F)F)=CCC1. The lowest BCUT2D eigenvalue weighted by atomic mass is 10.0. The average Bonchev–Trinajstić information content (AvgIpc) is 3.00. The molecule has 0 atom stereocenters. The van der Waals surface area contributed by atoms with Gasteiger partial charge in [-0.25, -0.2) is 4.68 Å². The quantitative estimate of drug-likeness (QED) is 0.737. The fourth-order valence-corrected chi connectivity index (χ4v) is 3.08. The van der Waals surface area contributed by atoms with Crippen LogP contribution in [0.25, 0.3) is 5.70 Å². The first kappa shape index (κ1) is 20.6. The Kier molecular flexibility index (Phi) is 6.23. The van der Waals surface area contributed by atoms with Crippen LogP contribution in [0.2, 0.25) is 0 Å². The molecule has 0 saturated heterocycles. The van der Waals surface area contributed by atoms with Gasteiger partial charge in [0.25, 0.3) is 0 Å². The molecule has 9 heteroatoms. The lowest BCUT2D eigenvalue weighted by Crippen LogP contribution is -2.48. The van der Waals surface area contributed by atoms with Crippen LogP contribution in [-0.4, -0.2) is 68.9 Å². The van der Waals surface area contributed by atoms with Gasteiger partial charge in [0.1, 0.15) is 0 Å². The van der Waals surface area contributed by atoms with Crippen molar-refractivity contribution in [1.82, 2.24) is 30.0 Å². The van der Waals surface area contributed by atoms with Gasteiger partial charge in [-0.1, -0.05) is 13.0 Å². The molecule has 0 fully saturated rings. The first-order chi connectivity index (χ1) is 12.0. The number of nitrogens with zero attached hydrogens (tertiary/aromatic N) is 6. The number of allylic oxidation sites excluding steroid dienone is 4. The zero-order chi connectivity index (χ0) is 19.5. The van der Waals surface area contributed by atoms with Gasteiger partial charge in [-0.15, -0.1) is 5.10 Å². The number of hydrogen-bond donors (Lipinski definition) is 0. The van der Waals surface area contributed by atoms with Crippen molar-refractivity contribution in [1.29, 1.82) is 0 Å². The third-order valence-corrected chi connectivity index (χ3v) is 4.80. The molecule has 0 unspecified atom stereocenters. The minimum atomic E-state index is -4.36. The predicted molar refractivity (Wildman–Crippen MR) is 94.2 cm³/mol. The van der Waals surface area contributed by atoms with Gasteiger partial charge in [-0.3, -0.25) is 4.90 Å². The highest BCUT2D eigenvalue weighted by atomic mass is 19.4. The van der Waals surface area contributed by atoms with E-state index in [0.717, 1.165) is 19.2 Å². The van der Waals surface area contributed by atoms with Crippen molar-refractivity contribution in [3.05, 3.63) is 23.5 Å². The molecule has 1 aliphatic rings. The molecule has 0 N–H and O–H groups in total.